The molecule has 160 valence electrons. The first-order valence-electron chi connectivity index (χ1n) is 10.5. The third-order valence-corrected chi connectivity index (χ3v) is 7.74. The van der Waals surface area contributed by atoms with Crippen molar-refractivity contribution in [2.75, 3.05) is 26.4 Å². The Morgan fingerprint density at radius 1 is 0.793 bits per heavy atom. The number of hydrogen-bond acceptors (Lipinski definition) is 5. The van der Waals surface area contributed by atoms with Crippen molar-refractivity contribution in [3.8, 4) is 22.6 Å². The fourth-order valence-electron chi connectivity index (χ4n) is 3.46. The summed E-state index contributed by atoms with van der Waals surface area (Å²) < 4.78 is 23.4. The molecule has 5 nitrogen and oxygen atoms in total. The van der Waals surface area contributed by atoms with Crippen LogP contribution in [0.25, 0.3) is 11.1 Å². The molecule has 0 radical (unpaired) electrons. The molecule has 1 N–H and O–H groups in total. The zero-order valence-corrected chi connectivity index (χ0v) is 19.1. The third-order valence-electron chi connectivity index (χ3n) is 4.59. The summed E-state index contributed by atoms with van der Waals surface area (Å²) in [5.74, 6) is 1.13. The van der Waals surface area contributed by atoms with E-state index in [-0.39, 0.29) is 5.75 Å². The van der Waals surface area contributed by atoms with Crippen molar-refractivity contribution in [1.82, 2.24) is 0 Å². The Morgan fingerprint density at radius 3 is 1.97 bits per heavy atom. The van der Waals surface area contributed by atoms with Gasteiger partial charge in [0.15, 0.2) is 0 Å². The van der Waals surface area contributed by atoms with Gasteiger partial charge in [-0.3, -0.25) is 0 Å². The molecule has 6 heteroatoms. The highest BCUT2D eigenvalue weighted by atomic mass is 28.4. The summed E-state index contributed by atoms with van der Waals surface area (Å²) >= 11 is 0. The molecule has 0 heterocycles. The van der Waals surface area contributed by atoms with Crippen LogP contribution in [0.5, 0.6) is 11.5 Å². The van der Waals surface area contributed by atoms with E-state index in [0.717, 1.165) is 41.3 Å². The minimum Gasteiger partial charge on any atom is -0.508 e. The molecule has 2 aromatic rings. The molecule has 0 fully saturated rings. The van der Waals surface area contributed by atoms with E-state index in [1.807, 2.05) is 52.0 Å². The number of ether oxygens (including phenoxy) is 1. The van der Waals surface area contributed by atoms with Gasteiger partial charge in [-0.15, -0.1) is 0 Å². The smallest absolute Gasteiger partial charge is 0.500 e. The number of benzene rings is 2. The first-order chi connectivity index (χ1) is 14.1. The van der Waals surface area contributed by atoms with Crippen LogP contribution in [-0.2, 0) is 19.7 Å². The van der Waals surface area contributed by atoms with Crippen LogP contribution in [-0.4, -0.2) is 40.3 Å². The number of aromatic hydroxyl groups is 1. The number of phenolic OH excluding ortho intramolecular Hbond substituents is 1. The lowest BCUT2D eigenvalue weighted by Gasteiger charge is -2.28. The van der Waals surface area contributed by atoms with Gasteiger partial charge in [0.05, 0.1) is 6.61 Å². The molecule has 0 amide bonds. The third kappa shape index (κ3) is 6.85. The molecule has 0 bridgehead atoms. The summed E-state index contributed by atoms with van der Waals surface area (Å²) in [5.41, 5.74) is 3.32. The highest BCUT2D eigenvalue weighted by Gasteiger charge is 2.39. The summed E-state index contributed by atoms with van der Waals surface area (Å²) in [7, 11) is -2.66. The lowest BCUT2D eigenvalue weighted by Crippen LogP contribution is -2.46. The van der Waals surface area contributed by atoms with E-state index in [1.54, 1.807) is 6.07 Å². The molecule has 0 atom stereocenters. The van der Waals surface area contributed by atoms with E-state index in [1.165, 1.54) is 0 Å². The quantitative estimate of drug-likeness (QED) is 0.439. The molecule has 0 aromatic heterocycles. The highest BCUT2D eigenvalue weighted by Crippen LogP contribution is 2.30. The van der Waals surface area contributed by atoms with Crippen LogP contribution in [0.15, 0.2) is 42.5 Å². The van der Waals surface area contributed by atoms with Crippen LogP contribution in [0.2, 0.25) is 6.04 Å². The van der Waals surface area contributed by atoms with Gasteiger partial charge in [-0.25, -0.2) is 0 Å². The maximum atomic E-state index is 10.0. The maximum Gasteiger partial charge on any atom is 0.500 e. The van der Waals surface area contributed by atoms with Crippen LogP contribution in [0.3, 0.4) is 0 Å². The fourth-order valence-corrected chi connectivity index (χ4v) is 6.07. The van der Waals surface area contributed by atoms with E-state index in [4.69, 9.17) is 18.0 Å². The first kappa shape index (κ1) is 23.4. The van der Waals surface area contributed by atoms with Crippen LogP contribution < -0.4 is 4.74 Å². The van der Waals surface area contributed by atoms with Crippen LogP contribution in [0.1, 0.15) is 39.7 Å². The van der Waals surface area contributed by atoms with Crippen LogP contribution in [0, 0.1) is 0 Å². The highest BCUT2D eigenvalue weighted by molar-refractivity contribution is 6.60. The largest absolute Gasteiger partial charge is 0.508 e. The lowest BCUT2D eigenvalue weighted by atomic mass is 9.96. The van der Waals surface area contributed by atoms with Gasteiger partial charge >= 0.3 is 8.80 Å². The van der Waals surface area contributed by atoms with Crippen molar-refractivity contribution in [1.29, 1.82) is 0 Å². The predicted octanol–water partition coefficient (Wildman–Crippen LogP) is 5.44. The summed E-state index contributed by atoms with van der Waals surface area (Å²) in [6.07, 6.45) is 1.67. The number of phenols is 1. The molecule has 2 aromatic carbocycles. The van der Waals surface area contributed by atoms with E-state index in [2.05, 4.69) is 12.1 Å². The fraction of sp³-hybridized carbons (Fsp3) is 0.478. The SMILES string of the molecule is CCOc1ccc(-c2ccc(O)cc2CCC[Si](OCC)(OCC)OCC)cc1. The second-order valence-electron chi connectivity index (χ2n) is 6.63. The zero-order chi connectivity index (χ0) is 21.1. The van der Waals surface area contributed by atoms with E-state index < -0.39 is 8.80 Å². The minimum atomic E-state index is -2.66. The second kappa shape index (κ2) is 12.0. The Balaban J connectivity index is 2.16. The molecule has 0 spiro atoms. The molecule has 2 rings (SSSR count). The Kier molecular flexibility index (Phi) is 9.67. The first-order valence-corrected chi connectivity index (χ1v) is 12.5. The molecule has 0 aliphatic rings. The molecule has 0 unspecified atom stereocenters. The second-order valence-corrected chi connectivity index (χ2v) is 9.37. The van der Waals surface area contributed by atoms with Crippen molar-refractivity contribution in [2.24, 2.45) is 0 Å². The molecule has 0 saturated carbocycles. The van der Waals surface area contributed by atoms with Gasteiger partial charge in [0, 0.05) is 25.9 Å². The number of hydrogen-bond donors (Lipinski definition) is 1. The van der Waals surface area contributed by atoms with Crippen molar-refractivity contribution >= 4 is 8.80 Å². The van der Waals surface area contributed by atoms with E-state index in [9.17, 15) is 5.11 Å². The zero-order valence-electron chi connectivity index (χ0n) is 18.1. The van der Waals surface area contributed by atoms with Crippen molar-refractivity contribution in [3.63, 3.8) is 0 Å². The Hall–Kier alpha value is -1.86. The topological polar surface area (TPSA) is 57.2 Å². The average Bonchev–Trinajstić information content (AvgIpc) is 2.70. The molecule has 29 heavy (non-hydrogen) atoms. The standard InChI is InChI=1S/C23H34O5Si/c1-5-25-22-14-11-19(12-15-22)23-16-13-21(24)18-20(23)10-9-17-29(26-6-2,27-7-3)28-8-4/h11-16,18,24H,5-10,17H2,1-4H3. The summed E-state index contributed by atoms with van der Waals surface area (Å²) in [6.45, 7) is 10.3. The number of rotatable bonds is 13. The van der Waals surface area contributed by atoms with E-state index in [0.29, 0.717) is 26.4 Å². The predicted molar refractivity (Wildman–Crippen MR) is 118 cm³/mol. The number of aryl methyl sites for hydroxylation is 1. The molecular weight excluding hydrogens is 384 g/mol. The molecule has 0 aliphatic carbocycles. The van der Waals surface area contributed by atoms with Gasteiger partial charge in [0.25, 0.3) is 0 Å². The van der Waals surface area contributed by atoms with Crippen molar-refractivity contribution < 1.29 is 23.1 Å². The van der Waals surface area contributed by atoms with E-state index >= 15 is 0 Å². The lowest BCUT2D eigenvalue weighted by molar-refractivity contribution is 0.0708. The summed E-state index contributed by atoms with van der Waals surface area (Å²) in [5, 5.41) is 10.0. The Labute approximate surface area is 176 Å². The Bertz CT molecular complexity index is 716. The van der Waals surface area contributed by atoms with Gasteiger partial charge in [-0.1, -0.05) is 18.2 Å². The molecule has 0 saturated heterocycles. The van der Waals surface area contributed by atoms with Gasteiger partial charge in [0.2, 0.25) is 0 Å². The normalized spacial score (nSPS) is 11.6. The van der Waals surface area contributed by atoms with Gasteiger partial charge in [-0.2, -0.15) is 0 Å². The average molecular weight is 419 g/mol. The van der Waals surface area contributed by atoms with Gasteiger partial charge in [-0.05, 0) is 81.5 Å². The van der Waals surface area contributed by atoms with Gasteiger partial charge in [0.1, 0.15) is 11.5 Å². The van der Waals surface area contributed by atoms with Crippen LogP contribution in [0.4, 0.5) is 0 Å². The maximum absolute atomic E-state index is 10.0. The summed E-state index contributed by atoms with van der Waals surface area (Å²) in [6, 6.07) is 14.4. The Morgan fingerprint density at radius 2 is 1.41 bits per heavy atom. The monoisotopic (exact) mass is 418 g/mol. The molecular formula is C23H34O5Si. The van der Waals surface area contributed by atoms with Crippen LogP contribution >= 0.6 is 0 Å². The van der Waals surface area contributed by atoms with Crippen molar-refractivity contribution in [3.05, 3.63) is 48.0 Å². The van der Waals surface area contributed by atoms with Gasteiger partial charge < -0.3 is 23.1 Å². The van der Waals surface area contributed by atoms with Crippen molar-refractivity contribution in [2.45, 2.75) is 46.6 Å². The molecule has 0 aliphatic heterocycles. The minimum absolute atomic E-state index is 0.276. The summed E-state index contributed by atoms with van der Waals surface area (Å²) in [4.78, 5) is 0.